The van der Waals surface area contributed by atoms with E-state index in [1.165, 1.54) is 11.3 Å². The molecule has 2 aromatic heterocycles. The number of carbonyl (C=O) groups is 1. The number of thiophene rings is 1. The highest BCUT2D eigenvalue weighted by Gasteiger charge is 2.20. The summed E-state index contributed by atoms with van der Waals surface area (Å²) in [6, 6.07) is 10.5. The van der Waals surface area contributed by atoms with E-state index in [1.807, 2.05) is 11.4 Å². The molecule has 1 aromatic carbocycles. The predicted octanol–water partition coefficient (Wildman–Crippen LogP) is 3.22. The normalized spacial score (nSPS) is 10.7. The van der Waals surface area contributed by atoms with Crippen LogP contribution in [0.2, 0.25) is 0 Å². The SMILES string of the molecule is O=C(O)c1oc(=O)c2ccccc2c1-c1cccs1. The van der Waals surface area contributed by atoms with E-state index in [4.69, 9.17) is 4.42 Å². The van der Waals surface area contributed by atoms with E-state index < -0.39 is 11.6 Å². The second-order valence-corrected chi connectivity index (χ2v) is 4.87. The van der Waals surface area contributed by atoms with Crippen molar-refractivity contribution in [2.75, 3.05) is 0 Å². The van der Waals surface area contributed by atoms with Crippen molar-refractivity contribution >= 4 is 28.1 Å². The molecule has 0 atom stereocenters. The van der Waals surface area contributed by atoms with Crippen molar-refractivity contribution in [1.82, 2.24) is 0 Å². The lowest BCUT2D eigenvalue weighted by Crippen LogP contribution is -2.08. The van der Waals surface area contributed by atoms with Crippen molar-refractivity contribution in [2.45, 2.75) is 0 Å². The lowest BCUT2D eigenvalue weighted by Gasteiger charge is -2.06. The Labute approximate surface area is 111 Å². The summed E-state index contributed by atoms with van der Waals surface area (Å²) in [5, 5.41) is 12.0. The highest BCUT2D eigenvalue weighted by Crippen LogP contribution is 2.33. The van der Waals surface area contributed by atoms with Gasteiger partial charge in [0.15, 0.2) is 0 Å². The number of carboxylic acid groups (broad SMARTS) is 1. The van der Waals surface area contributed by atoms with Gasteiger partial charge >= 0.3 is 11.6 Å². The fourth-order valence-corrected chi connectivity index (χ4v) is 2.80. The standard InChI is InChI=1S/C14H8O4S/c15-13(16)12-11(10-6-3-7-19-10)8-4-1-2-5-9(8)14(17)18-12/h1-7H,(H,15,16). The Kier molecular flexibility index (Phi) is 2.68. The van der Waals surface area contributed by atoms with Gasteiger partial charge in [0.1, 0.15) is 0 Å². The van der Waals surface area contributed by atoms with Gasteiger partial charge in [-0.15, -0.1) is 11.3 Å². The molecule has 0 unspecified atom stereocenters. The van der Waals surface area contributed by atoms with Gasteiger partial charge in [0.25, 0.3) is 0 Å². The first-order valence-corrected chi connectivity index (χ1v) is 6.39. The first-order valence-electron chi connectivity index (χ1n) is 5.51. The molecule has 0 bridgehead atoms. The summed E-state index contributed by atoms with van der Waals surface area (Å²) in [7, 11) is 0. The second-order valence-electron chi connectivity index (χ2n) is 3.92. The Morgan fingerprint density at radius 1 is 1.11 bits per heavy atom. The largest absolute Gasteiger partial charge is 0.475 e. The van der Waals surface area contributed by atoms with Crippen molar-refractivity contribution in [3.8, 4) is 10.4 Å². The maximum absolute atomic E-state index is 11.8. The molecule has 3 rings (SSSR count). The average molecular weight is 272 g/mol. The van der Waals surface area contributed by atoms with Crippen LogP contribution in [0.25, 0.3) is 21.2 Å². The number of rotatable bonds is 2. The monoisotopic (exact) mass is 272 g/mol. The third-order valence-corrected chi connectivity index (χ3v) is 3.69. The van der Waals surface area contributed by atoms with Gasteiger partial charge in [-0.25, -0.2) is 9.59 Å². The van der Waals surface area contributed by atoms with Crippen LogP contribution in [0.3, 0.4) is 0 Å². The zero-order chi connectivity index (χ0) is 13.4. The first kappa shape index (κ1) is 11.7. The minimum absolute atomic E-state index is 0.314. The predicted molar refractivity (Wildman–Crippen MR) is 72.8 cm³/mol. The van der Waals surface area contributed by atoms with Crippen molar-refractivity contribution in [1.29, 1.82) is 0 Å². The van der Waals surface area contributed by atoms with Crippen LogP contribution in [0.4, 0.5) is 0 Å². The van der Waals surface area contributed by atoms with E-state index in [0.29, 0.717) is 16.3 Å². The van der Waals surface area contributed by atoms with Crippen molar-refractivity contribution in [2.24, 2.45) is 0 Å². The summed E-state index contributed by atoms with van der Waals surface area (Å²) in [5.74, 6) is -1.56. The van der Waals surface area contributed by atoms with Crippen LogP contribution in [-0.4, -0.2) is 11.1 Å². The first-order chi connectivity index (χ1) is 9.18. The summed E-state index contributed by atoms with van der Waals surface area (Å²) in [4.78, 5) is 23.8. The number of aromatic carboxylic acids is 1. The van der Waals surface area contributed by atoms with Gasteiger partial charge in [-0.3, -0.25) is 0 Å². The van der Waals surface area contributed by atoms with Crippen LogP contribution in [-0.2, 0) is 0 Å². The molecule has 0 aliphatic carbocycles. The molecule has 0 aliphatic rings. The van der Waals surface area contributed by atoms with E-state index in [1.54, 1.807) is 30.3 Å². The topological polar surface area (TPSA) is 67.5 Å². The molecule has 4 nitrogen and oxygen atoms in total. The van der Waals surface area contributed by atoms with Crippen molar-refractivity contribution in [3.63, 3.8) is 0 Å². The van der Waals surface area contributed by atoms with Crippen LogP contribution in [0.1, 0.15) is 10.6 Å². The molecule has 94 valence electrons. The molecule has 0 radical (unpaired) electrons. The maximum Gasteiger partial charge on any atom is 0.372 e. The average Bonchev–Trinajstić information content (AvgIpc) is 2.92. The zero-order valence-electron chi connectivity index (χ0n) is 9.62. The van der Waals surface area contributed by atoms with Crippen LogP contribution in [0.15, 0.2) is 51.0 Å². The lowest BCUT2D eigenvalue weighted by molar-refractivity contribution is 0.0659. The van der Waals surface area contributed by atoms with Crippen LogP contribution in [0, 0.1) is 0 Å². The molecule has 1 N–H and O–H groups in total. The van der Waals surface area contributed by atoms with Gasteiger partial charge in [-0.05, 0) is 17.5 Å². The third-order valence-electron chi connectivity index (χ3n) is 2.80. The molecule has 19 heavy (non-hydrogen) atoms. The number of carboxylic acids is 1. The molecule has 2 heterocycles. The van der Waals surface area contributed by atoms with Crippen molar-refractivity contribution in [3.05, 3.63) is 58.0 Å². The molecular formula is C14H8O4S. The van der Waals surface area contributed by atoms with Crippen molar-refractivity contribution < 1.29 is 14.3 Å². The Balaban J connectivity index is 2.52. The summed E-state index contributed by atoms with van der Waals surface area (Å²) in [5.41, 5.74) is -0.175. The highest BCUT2D eigenvalue weighted by molar-refractivity contribution is 7.13. The Bertz CT molecular complexity index is 815. The quantitative estimate of drug-likeness (QED) is 0.777. The van der Waals surface area contributed by atoms with Gasteiger partial charge in [0.05, 0.1) is 10.9 Å². The van der Waals surface area contributed by atoms with Crippen LogP contribution >= 0.6 is 11.3 Å². The molecule has 0 amide bonds. The van der Waals surface area contributed by atoms with Crippen LogP contribution < -0.4 is 5.63 Å². The van der Waals surface area contributed by atoms with Gasteiger partial charge in [-0.1, -0.05) is 24.3 Å². The fraction of sp³-hybridized carbons (Fsp3) is 0. The molecule has 0 spiro atoms. The van der Waals surface area contributed by atoms with E-state index in [-0.39, 0.29) is 5.76 Å². The minimum Gasteiger partial charge on any atom is -0.475 e. The maximum atomic E-state index is 11.8. The van der Waals surface area contributed by atoms with Gasteiger partial charge in [0, 0.05) is 10.3 Å². The number of benzene rings is 1. The number of hydrogen-bond donors (Lipinski definition) is 1. The Hall–Kier alpha value is -2.40. The van der Waals surface area contributed by atoms with Crippen LogP contribution in [0.5, 0.6) is 0 Å². The van der Waals surface area contributed by atoms with E-state index in [2.05, 4.69) is 0 Å². The minimum atomic E-state index is -1.24. The lowest BCUT2D eigenvalue weighted by atomic mass is 10.0. The Morgan fingerprint density at radius 3 is 2.47 bits per heavy atom. The molecule has 3 aromatic rings. The second kappa shape index (κ2) is 4.37. The van der Waals surface area contributed by atoms with Gasteiger partial charge < -0.3 is 9.52 Å². The molecular weight excluding hydrogens is 264 g/mol. The molecule has 0 saturated heterocycles. The molecule has 0 aliphatic heterocycles. The van der Waals surface area contributed by atoms with E-state index in [0.717, 1.165) is 4.88 Å². The van der Waals surface area contributed by atoms with Gasteiger partial charge in [0.2, 0.25) is 5.76 Å². The van der Waals surface area contributed by atoms with E-state index in [9.17, 15) is 14.7 Å². The smallest absolute Gasteiger partial charge is 0.372 e. The number of fused-ring (bicyclic) bond motifs is 1. The molecule has 0 saturated carbocycles. The molecule has 5 heteroatoms. The summed E-state index contributed by atoms with van der Waals surface area (Å²) < 4.78 is 4.96. The zero-order valence-corrected chi connectivity index (χ0v) is 10.4. The fourth-order valence-electron chi connectivity index (χ4n) is 2.02. The summed E-state index contributed by atoms with van der Waals surface area (Å²) in [6.07, 6.45) is 0. The number of hydrogen-bond acceptors (Lipinski definition) is 4. The molecule has 0 fully saturated rings. The summed E-state index contributed by atoms with van der Waals surface area (Å²) in [6.45, 7) is 0. The van der Waals surface area contributed by atoms with Gasteiger partial charge in [-0.2, -0.15) is 0 Å². The Morgan fingerprint density at radius 2 is 1.84 bits per heavy atom. The summed E-state index contributed by atoms with van der Waals surface area (Å²) >= 11 is 1.40. The third kappa shape index (κ3) is 1.84. The highest BCUT2D eigenvalue weighted by atomic mass is 32.1. The van der Waals surface area contributed by atoms with E-state index >= 15 is 0 Å².